The van der Waals surface area contributed by atoms with Gasteiger partial charge in [-0.1, -0.05) is 0 Å². The molecular weight excluding hydrogens is 198 g/mol. The van der Waals surface area contributed by atoms with Gasteiger partial charge in [0, 0.05) is 12.2 Å². The molecule has 1 fully saturated rings. The summed E-state index contributed by atoms with van der Waals surface area (Å²) in [4.78, 5) is 0. The second-order valence-electron chi connectivity index (χ2n) is 4.97. The summed E-state index contributed by atoms with van der Waals surface area (Å²) in [6.45, 7) is 7.34. The summed E-state index contributed by atoms with van der Waals surface area (Å²) in [6, 6.07) is 6.27. The van der Waals surface area contributed by atoms with Gasteiger partial charge in [0.15, 0.2) is 0 Å². The normalized spacial score (nSPS) is 15.2. The van der Waals surface area contributed by atoms with E-state index in [1.165, 1.54) is 24.1 Å². The Kier molecular flexibility index (Phi) is 3.37. The third kappa shape index (κ3) is 3.16. The van der Waals surface area contributed by atoms with Gasteiger partial charge in [-0.05, 0) is 63.3 Å². The number of hydrogen-bond donors (Lipinski definition) is 1. The zero-order chi connectivity index (χ0) is 11.5. The molecule has 1 aromatic carbocycles. The minimum atomic E-state index is 0.240. The highest BCUT2D eigenvalue weighted by Crippen LogP contribution is 2.30. The minimum absolute atomic E-state index is 0.240. The quantitative estimate of drug-likeness (QED) is 0.817. The van der Waals surface area contributed by atoms with Crippen LogP contribution in [0.4, 0.5) is 5.69 Å². The summed E-state index contributed by atoms with van der Waals surface area (Å²) in [6.07, 6.45) is 3.02. The van der Waals surface area contributed by atoms with Crippen LogP contribution in [0, 0.1) is 12.8 Å². The summed E-state index contributed by atoms with van der Waals surface area (Å²) in [5.41, 5.74) is 2.50. The molecule has 0 bridgehead atoms. The highest BCUT2D eigenvalue weighted by atomic mass is 16.5. The zero-order valence-electron chi connectivity index (χ0n) is 10.4. The van der Waals surface area contributed by atoms with Gasteiger partial charge < -0.3 is 10.1 Å². The fourth-order valence-corrected chi connectivity index (χ4v) is 1.76. The Hall–Kier alpha value is -1.18. The Labute approximate surface area is 98.0 Å². The van der Waals surface area contributed by atoms with Crippen LogP contribution < -0.4 is 10.1 Å². The van der Waals surface area contributed by atoms with E-state index in [2.05, 4.69) is 38.2 Å². The number of aryl methyl sites for hydroxylation is 1. The maximum atomic E-state index is 5.66. The van der Waals surface area contributed by atoms with Gasteiger partial charge in [0.1, 0.15) is 5.75 Å². The van der Waals surface area contributed by atoms with Gasteiger partial charge in [-0.3, -0.25) is 0 Å². The fourth-order valence-electron chi connectivity index (χ4n) is 1.76. The predicted molar refractivity (Wildman–Crippen MR) is 68.2 cm³/mol. The monoisotopic (exact) mass is 219 g/mol. The highest BCUT2D eigenvalue weighted by Gasteiger charge is 2.20. The van der Waals surface area contributed by atoms with Crippen LogP contribution in [0.5, 0.6) is 5.75 Å². The molecule has 0 saturated heterocycles. The first kappa shape index (κ1) is 11.3. The first-order chi connectivity index (χ1) is 7.65. The molecule has 88 valence electrons. The van der Waals surface area contributed by atoms with E-state index < -0.39 is 0 Å². The molecule has 1 aliphatic rings. The first-order valence-electron chi connectivity index (χ1n) is 6.16. The molecule has 2 rings (SSSR count). The second kappa shape index (κ2) is 4.77. The third-order valence-corrected chi connectivity index (χ3v) is 2.85. The number of benzene rings is 1. The summed E-state index contributed by atoms with van der Waals surface area (Å²) in [5, 5.41) is 3.50. The van der Waals surface area contributed by atoms with Gasteiger partial charge in [-0.15, -0.1) is 0 Å². The van der Waals surface area contributed by atoms with Crippen LogP contribution in [0.3, 0.4) is 0 Å². The molecule has 1 N–H and O–H groups in total. The molecule has 1 aliphatic carbocycles. The summed E-state index contributed by atoms with van der Waals surface area (Å²) in [5.74, 6) is 1.87. The molecule has 0 aromatic heterocycles. The number of ether oxygens (including phenoxy) is 1. The molecule has 0 amide bonds. The van der Waals surface area contributed by atoms with E-state index in [-0.39, 0.29) is 6.10 Å². The Morgan fingerprint density at radius 3 is 2.69 bits per heavy atom. The molecule has 0 heterocycles. The van der Waals surface area contributed by atoms with Crippen molar-refractivity contribution in [3.8, 4) is 5.75 Å². The van der Waals surface area contributed by atoms with Crippen molar-refractivity contribution in [2.75, 3.05) is 11.9 Å². The molecule has 0 radical (unpaired) electrons. The van der Waals surface area contributed by atoms with Crippen LogP contribution in [0.25, 0.3) is 0 Å². The molecule has 16 heavy (non-hydrogen) atoms. The van der Waals surface area contributed by atoms with Crippen LogP contribution in [0.1, 0.15) is 32.3 Å². The second-order valence-corrected chi connectivity index (χ2v) is 4.97. The smallest absolute Gasteiger partial charge is 0.120 e. The first-order valence-corrected chi connectivity index (χ1v) is 6.16. The van der Waals surface area contributed by atoms with Crippen molar-refractivity contribution in [2.45, 2.75) is 39.7 Å². The van der Waals surface area contributed by atoms with Crippen LogP contribution >= 0.6 is 0 Å². The molecule has 1 aromatic rings. The average molecular weight is 219 g/mol. The molecule has 0 unspecified atom stereocenters. The summed E-state index contributed by atoms with van der Waals surface area (Å²) < 4.78 is 5.66. The lowest BCUT2D eigenvalue weighted by atomic mass is 10.2. The van der Waals surface area contributed by atoms with Crippen molar-refractivity contribution in [1.29, 1.82) is 0 Å². The maximum absolute atomic E-state index is 5.66. The fraction of sp³-hybridized carbons (Fsp3) is 0.571. The molecule has 0 aliphatic heterocycles. The van der Waals surface area contributed by atoms with Crippen molar-refractivity contribution in [1.82, 2.24) is 0 Å². The topological polar surface area (TPSA) is 21.3 Å². The van der Waals surface area contributed by atoms with Gasteiger partial charge in [0.25, 0.3) is 0 Å². The Morgan fingerprint density at radius 1 is 1.38 bits per heavy atom. The van der Waals surface area contributed by atoms with Crippen LogP contribution in [0.2, 0.25) is 0 Å². The lowest BCUT2D eigenvalue weighted by Crippen LogP contribution is -2.07. The van der Waals surface area contributed by atoms with E-state index >= 15 is 0 Å². The van der Waals surface area contributed by atoms with Crippen LogP contribution in [-0.2, 0) is 0 Å². The molecule has 0 atom stereocenters. The van der Waals surface area contributed by atoms with E-state index in [0.29, 0.717) is 0 Å². The van der Waals surface area contributed by atoms with E-state index in [4.69, 9.17) is 4.74 Å². The third-order valence-electron chi connectivity index (χ3n) is 2.85. The standard InChI is InChI=1S/C14H21NO/c1-10(2)16-13-6-7-14(11(3)8-13)15-9-12-4-5-12/h6-8,10,12,15H,4-5,9H2,1-3H3. The van der Waals surface area contributed by atoms with E-state index in [9.17, 15) is 0 Å². The lowest BCUT2D eigenvalue weighted by Gasteiger charge is -2.13. The summed E-state index contributed by atoms with van der Waals surface area (Å²) in [7, 11) is 0. The van der Waals surface area contributed by atoms with E-state index in [1.54, 1.807) is 0 Å². The number of rotatable bonds is 5. The average Bonchev–Trinajstić information content (AvgIpc) is 2.99. The van der Waals surface area contributed by atoms with Crippen molar-refractivity contribution in [2.24, 2.45) is 5.92 Å². The van der Waals surface area contributed by atoms with Crippen molar-refractivity contribution < 1.29 is 4.74 Å². The Bertz CT molecular complexity index is 356. The summed E-state index contributed by atoms with van der Waals surface area (Å²) >= 11 is 0. The largest absolute Gasteiger partial charge is 0.491 e. The van der Waals surface area contributed by atoms with Crippen LogP contribution in [-0.4, -0.2) is 12.6 Å². The molecular formula is C14H21NO. The van der Waals surface area contributed by atoms with Crippen molar-refractivity contribution >= 4 is 5.69 Å². The van der Waals surface area contributed by atoms with Gasteiger partial charge in [-0.25, -0.2) is 0 Å². The zero-order valence-corrected chi connectivity index (χ0v) is 10.4. The number of hydrogen-bond acceptors (Lipinski definition) is 2. The Morgan fingerprint density at radius 2 is 2.12 bits per heavy atom. The van der Waals surface area contributed by atoms with Crippen molar-refractivity contribution in [3.05, 3.63) is 23.8 Å². The number of anilines is 1. The van der Waals surface area contributed by atoms with E-state index in [0.717, 1.165) is 18.2 Å². The van der Waals surface area contributed by atoms with E-state index in [1.807, 2.05) is 6.07 Å². The van der Waals surface area contributed by atoms with Gasteiger partial charge in [0.05, 0.1) is 6.10 Å². The number of nitrogens with one attached hydrogen (secondary N) is 1. The molecule has 1 saturated carbocycles. The van der Waals surface area contributed by atoms with Gasteiger partial charge in [0.2, 0.25) is 0 Å². The van der Waals surface area contributed by atoms with Crippen LogP contribution in [0.15, 0.2) is 18.2 Å². The minimum Gasteiger partial charge on any atom is -0.491 e. The highest BCUT2D eigenvalue weighted by molar-refractivity contribution is 5.53. The maximum Gasteiger partial charge on any atom is 0.120 e. The Balaban J connectivity index is 1.97. The molecule has 2 heteroatoms. The molecule has 2 nitrogen and oxygen atoms in total. The molecule has 0 spiro atoms. The van der Waals surface area contributed by atoms with Gasteiger partial charge in [-0.2, -0.15) is 0 Å². The SMILES string of the molecule is Cc1cc(OC(C)C)ccc1NCC1CC1. The lowest BCUT2D eigenvalue weighted by molar-refractivity contribution is 0.242. The van der Waals surface area contributed by atoms with Crippen molar-refractivity contribution in [3.63, 3.8) is 0 Å². The predicted octanol–water partition coefficient (Wildman–Crippen LogP) is 3.60. The van der Waals surface area contributed by atoms with Gasteiger partial charge >= 0.3 is 0 Å².